The fraction of sp³-hybridized carbons (Fsp3) is 0.474. The minimum atomic E-state index is -4.54. The maximum atomic E-state index is 13.0. The number of aryl methyl sites for hydroxylation is 1. The van der Waals surface area contributed by atoms with E-state index in [2.05, 4.69) is 10.4 Å². The zero-order valence-electron chi connectivity index (χ0n) is 15.6. The SMILES string of the molecule is CCC1CCn2nc(C(=O)NC3COc4ccc(C(F)(F)F)cc4C3O)cc2O1. The molecule has 3 unspecified atom stereocenters. The molecule has 1 aromatic heterocycles. The lowest BCUT2D eigenvalue weighted by Gasteiger charge is -2.31. The van der Waals surface area contributed by atoms with Crippen molar-refractivity contribution >= 4 is 5.91 Å². The average Bonchev–Trinajstić information content (AvgIpc) is 3.12. The monoisotopic (exact) mass is 411 g/mol. The summed E-state index contributed by atoms with van der Waals surface area (Å²) in [5.41, 5.74) is -0.802. The van der Waals surface area contributed by atoms with E-state index in [0.717, 1.165) is 25.0 Å². The number of alkyl halides is 3. The van der Waals surface area contributed by atoms with Crippen molar-refractivity contribution in [1.82, 2.24) is 15.1 Å². The molecule has 2 aromatic rings. The summed E-state index contributed by atoms with van der Waals surface area (Å²) in [7, 11) is 0. The first-order chi connectivity index (χ1) is 13.8. The lowest BCUT2D eigenvalue weighted by atomic mass is 9.97. The number of nitrogens with one attached hydrogen (secondary N) is 1. The van der Waals surface area contributed by atoms with Crippen molar-refractivity contribution in [2.75, 3.05) is 6.61 Å². The number of nitrogens with zero attached hydrogens (tertiary/aromatic N) is 2. The van der Waals surface area contributed by atoms with Crippen molar-refractivity contribution in [3.63, 3.8) is 0 Å². The zero-order chi connectivity index (χ0) is 20.8. The molecule has 0 saturated heterocycles. The van der Waals surface area contributed by atoms with Crippen LogP contribution in [-0.4, -0.2) is 39.5 Å². The third kappa shape index (κ3) is 3.76. The van der Waals surface area contributed by atoms with E-state index in [1.54, 1.807) is 4.68 Å². The number of hydrogen-bond donors (Lipinski definition) is 2. The van der Waals surface area contributed by atoms with Gasteiger partial charge in [0.05, 0.1) is 11.6 Å². The van der Waals surface area contributed by atoms with Gasteiger partial charge in [-0.05, 0) is 24.6 Å². The van der Waals surface area contributed by atoms with Gasteiger partial charge in [0.25, 0.3) is 5.91 Å². The molecule has 3 heterocycles. The van der Waals surface area contributed by atoms with Crippen LogP contribution in [0.1, 0.15) is 47.5 Å². The van der Waals surface area contributed by atoms with Crippen molar-refractivity contribution in [2.45, 2.75) is 50.7 Å². The predicted octanol–water partition coefficient (Wildman–Crippen LogP) is 2.69. The van der Waals surface area contributed by atoms with Crippen molar-refractivity contribution in [3.05, 3.63) is 41.1 Å². The van der Waals surface area contributed by atoms with Crippen LogP contribution in [0.25, 0.3) is 0 Å². The van der Waals surface area contributed by atoms with Crippen LogP contribution in [0.5, 0.6) is 11.6 Å². The fourth-order valence-electron chi connectivity index (χ4n) is 3.49. The van der Waals surface area contributed by atoms with Gasteiger partial charge in [0.2, 0.25) is 5.88 Å². The first-order valence-electron chi connectivity index (χ1n) is 9.33. The smallest absolute Gasteiger partial charge is 0.416 e. The fourth-order valence-corrected chi connectivity index (χ4v) is 3.49. The first kappa shape index (κ1) is 19.6. The summed E-state index contributed by atoms with van der Waals surface area (Å²) in [4.78, 5) is 12.6. The Balaban J connectivity index is 1.50. The number of aromatic nitrogens is 2. The van der Waals surface area contributed by atoms with Crippen LogP contribution in [0.3, 0.4) is 0 Å². The van der Waals surface area contributed by atoms with E-state index in [1.165, 1.54) is 12.1 Å². The minimum absolute atomic E-state index is 0.0189. The Kier molecular flexibility index (Phi) is 4.89. The van der Waals surface area contributed by atoms with Crippen LogP contribution in [0.2, 0.25) is 0 Å². The molecule has 0 spiro atoms. The molecular weight excluding hydrogens is 391 g/mol. The largest absolute Gasteiger partial charge is 0.491 e. The van der Waals surface area contributed by atoms with E-state index in [9.17, 15) is 23.1 Å². The molecule has 2 aliphatic rings. The summed E-state index contributed by atoms with van der Waals surface area (Å²) in [5, 5.41) is 17.3. The Bertz CT molecular complexity index is 928. The summed E-state index contributed by atoms with van der Waals surface area (Å²) < 4.78 is 51.7. The van der Waals surface area contributed by atoms with Crippen molar-refractivity contribution in [1.29, 1.82) is 0 Å². The molecule has 4 rings (SSSR count). The van der Waals surface area contributed by atoms with Gasteiger partial charge in [0.1, 0.15) is 24.6 Å². The van der Waals surface area contributed by atoms with Crippen LogP contribution in [0.15, 0.2) is 24.3 Å². The van der Waals surface area contributed by atoms with Crippen LogP contribution >= 0.6 is 0 Å². The lowest BCUT2D eigenvalue weighted by Crippen LogP contribution is -2.45. The molecule has 0 fully saturated rings. The molecule has 156 valence electrons. The van der Waals surface area contributed by atoms with Crippen LogP contribution < -0.4 is 14.8 Å². The second-order valence-electron chi connectivity index (χ2n) is 7.11. The Hall–Kier alpha value is -2.75. The van der Waals surface area contributed by atoms with E-state index in [-0.39, 0.29) is 29.7 Å². The summed E-state index contributed by atoms with van der Waals surface area (Å²) >= 11 is 0. The van der Waals surface area contributed by atoms with Gasteiger partial charge in [0.15, 0.2) is 5.69 Å². The standard InChI is InChI=1S/C19H20F3N3O4/c1-2-11-5-6-25-16(29-11)8-13(24-25)18(27)23-14-9-28-15-4-3-10(19(20,21)22)7-12(15)17(14)26/h3-4,7-8,11,14,17,26H,2,5-6,9H2,1H3,(H,23,27). The Morgan fingerprint density at radius 3 is 2.90 bits per heavy atom. The van der Waals surface area contributed by atoms with E-state index in [1.807, 2.05) is 6.92 Å². The third-order valence-electron chi connectivity index (χ3n) is 5.15. The minimum Gasteiger partial charge on any atom is -0.491 e. The first-order valence-corrected chi connectivity index (χ1v) is 9.33. The highest BCUT2D eigenvalue weighted by atomic mass is 19.4. The molecule has 1 amide bonds. The number of hydrogen-bond acceptors (Lipinski definition) is 5. The quantitative estimate of drug-likeness (QED) is 0.811. The molecule has 29 heavy (non-hydrogen) atoms. The van der Waals surface area contributed by atoms with Gasteiger partial charge < -0.3 is 19.9 Å². The molecule has 10 heteroatoms. The van der Waals surface area contributed by atoms with Crippen molar-refractivity contribution in [3.8, 4) is 11.6 Å². The highest BCUT2D eigenvalue weighted by molar-refractivity contribution is 5.92. The number of amides is 1. The molecule has 0 aliphatic carbocycles. The molecule has 1 aromatic carbocycles. The molecule has 3 atom stereocenters. The molecule has 0 bridgehead atoms. The highest BCUT2D eigenvalue weighted by Gasteiger charge is 2.36. The summed E-state index contributed by atoms with van der Waals surface area (Å²) in [6.07, 6.45) is -4.18. The molecule has 2 N–H and O–H groups in total. The molecule has 0 radical (unpaired) electrons. The number of aliphatic hydroxyl groups is 1. The lowest BCUT2D eigenvalue weighted by molar-refractivity contribution is -0.137. The van der Waals surface area contributed by atoms with Crippen LogP contribution in [-0.2, 0) is 12.7 Å². The normalized spacial score (nSPS) is 23.4. The maximum absolute atomic E-state index is 13.0. The number of halogens is 3. The van der Waals surface area contributed by atoms with Gasteiger partial charge in [-0.25, -0.2) is 4.68 Å². The highest BCUT2D eigenvalue weighted by Crippen LogP contribution is 2.38. The summed E-state index contributed by atoms with van der Waals surface area (Å²) in [5.74, 6) is 0.0907. The number of fused-ring (bicyclic) bond motifs is 2. The second-order valence-corrected chi connectivity index (χ2v) is 7.11. The number of benzene rings is 1. The van der Waals surface area contributed by atoms with Gasteiger partial charge in [0, 0.05) is 24.6 Å². The van der Waals surface area contributed by atoms with Crippen molar-refractivity contribution < 1.29 is 32.5 Å². The summed E-state index contributed by atoms with van der Waals surface area (Å²) in [6.45, 7) is 2.56. The van der Waals surface area contributed by atoms with Gasteiger partial charge in [-0.3, -0.25) is 4.79 Å². The van der Waals surface area contributed by atoms with Crippen LogP contribution in [0, 0.1) is 0 Å². The Labute approximate surface area is 164 Å². The number of carbonyl (C=O) groups excluding carboxylic acids is 1. The van der Waals surface area contributed by atoms with Gasteiger partial charge in [-0.2, -0.15) is 18.3 Å². The number of rotatable bonds is 3. The summed E-state index contributed by atoms with van der Waals surface area (Å²) in [6, 6.07) is 3.50. The average molecular weight is 411 g/mol. The van der Waals surface area contributed by atoms with E-state index in [4.69, 9.17) is 9.47 Å². The Morgan fingerprint density at radius 1 is 1.38 bits per heavy atom. The zero-order valence-corrected chi connectivity index (χ0v) is 15.6. The van der Waals surface area contributed by atoms with Crippen LogP contribution in [0.4, 0.5) is 13.2 Å². The molecular formula is C19H20F3N3O4. The van der Waals surface area contributed by atoms with E-state index >= 15 is 0 Å². The molecule has 7 nitrogen and oxygen atoms in total. The van der Waals surface area contributed by atoms with Crippen molar-refractivity contribution in [2.24, 2.45) is 0 Å². The van der Waals surface area contributed by atoms with Gasteiger partial charge in [-0.15, -0.1) is 0 Å². The second kappa shape index (κ2) is 7.25. The molecule has 2 aliphatic heterocycles. The number of ether oxygens (including phenoxy) is 2. The van der Waals surface area contributed by atoms with Gasteiger partial charge >= 0.3 is 6.18 Å². The predicted molar refractivity (Wildman–Crippen MR) is 94.7 cm³/mol. The number of carbonyl (C=O) groups is 1. The van der Waals surface area contributed by atoms with Gasteiger partial charge in [-0.1, -0.05) is 6.92 Å². The Morgan fingerprint density at radius 2 is 2.17 bits per heavy atom. The third-order valence-corrected chi connectivity index (χ3v) is 5.15. The number of aliphatic hydroxyl groups excluding tert-OH is 1. The molecule has 0 saturated carbocycles. The topological polar surface area (TPSA) is 85.6 Å². The van der Waals surface area contributed by atoms with E-state index in [0.29, 0.717) is 12.4 Å². The van der Waals surface area contributed by atoms with E-state index < -0.39 is 29.8 Å². The maximum Gasteiger partial charge on any atom is 0.416 e.